The molecule has 2 N–H and O–H groups in total. The summed E-state index contributed by atoms with van der Waals surface area (Å²) in [5.41, 5.74) is -3.33. The third-order valence-corrected chi connectivity index (χ3v) is 1.77. The lowest BCUT2D eigenvalue weighted by atomic mass is 10.2. The number of carboxylic acid groups (broad SMARTS) is 1. The fraction of sp³-hybridized carbons (Fsp3) is 0.250. The molecule has 110 valence electrons. The van der Waals surface area contributed by atoms with Crippen molar-refractivity contribution in [2.24, 2.45) is 0 Å². The van der Waals surface area contributed by atoms with E-state index in [1.54, 1.807) is 0 Å². The van der Waals surface area contributed by atoms with Gasteiger partial charge in [-0.05, 0) is 0 Å². The number of alkyl halides is 6. The minimum atomic E-state index is -5.35. The molecule has 0 bridgehead atoms. The number of aromatic carboxylic acids is 1. The summed E-state index contributed by atoms with van der Waals surface area (Å²) in [6.45, 7) is 0. The van der Waals surface area contributed by atoms with E-state index in [-0.39, 0.29) is 6.20 Å². The Kier molecular flexibility index (Phi) is 3.87. The molecule has 1 amide bonds. The van der Waals surface area contributed by atoms with Crippen molar-refractivity contribution < 1.29 is 41.0 Å². The van der Waals surface area contributed by atoms with Crippen molar-refractivity contribution in [3.05, 3.63) is 17.5 Å². The number of carbonyl (C=O) groups excluding carboxylic acids is 1. The second-order valence-corrected chi connectivity index (χ2v) is 3.21. The number of carbonyl (C=O) groups is 2. The molecule has 0 unspecified atom stereocenters. The zero-order valence-electron chi connectivity index (χ0n) is 9.00. The van der Waals surface area contributed by atoms with Crippen molar-refractivity contribution in [3.8, 4) is 0 Å². The first kappa shape index (κ1) is 15.7. The van der Waals surface area contributed by atoms with E-state index in [0.717, 1.165) is 5.32 Å². The van der Waals surface area contributed by atoms with Crippen LogP contribution in [0.4, 0.5) is 32.3 Å². The molecular weight excluding hydrogens is 300 g/mol. The van der Waals surface area contributed by atoms with Gasteiger partial charge in [0.15, 0.2) is 5.69 Å². The highest BCUT2D eigenvalue weighted by molar-refractivity contribution is 5.94. The lowest BCUT2D eigenvalue weighted by Gasteiger charge is -2.11. The van der Waals surface area contributed by atoms with Crippen LogP contribution < -0.4 is 5.32 Å². The third-order valence-electron chi connectivity index (χ3n) is 1.77. The lowest BCUT2D eigenvalue weighted by molar-refractivity contribution is -0.167. The number of hydrogen-bond acceptors (Lipinski definition) is 4. The van der Waals surface area contributed by atoms with E-state index in [2.05, 4.69) is 9.97 Å². The zero-order chi connectivity index (χ0) is 15.7. The van der Waals surface area contributed by atoms with E-state index in [9.17, 15) is 35.9 Å². The molecule has 0 atom stereocenters. The number of nitrogens with zero attached hydrogens (tertiary/aromatic N) is 2. The number of rotatable bonds is 2. The number of carboxylic acids is 1. The fourth-order valence-electron chi connectivity index (χ4n) is 0.987. The molecular formula is C8H3F6N3O3. The molecule has 0 saturated heterocycles. The predicted octanol–water partition coefficient (Wildman–Crippen LogP) is 1.69. The second-order valence-electron chi connectivity index (χ2n) is 3.21. The van der Waals surface area contributed by atoms with Gasteiger partial charge in [-0.3, -0.25) is 10.1 Å². The van der Waals surface area contributed by atoms with Gasteiger partial charge in [-0.2, -0.15) is 26.3 Å². The Hall–Kier alpha value is -2.40. The quantitative estimate of drug-likeness (QED) is 0.811. The average molecular weight is 303 g/mol. The number of aromatic nitrogens is 2. The summed E-state index contributed by atoms with van der Waals surface area (Å²) in [5.74, 6) is -5.93. The van der Waals surface area contributed by atoms with Gasteiger partial charge < -0.3 is 5.11 Å². The minimum Gasteiger partial charge on any atom is -0.478 e. The smallest absolute Gasteiger partial charge is 0.471 e. The van der Waals surface area contributed by atoms with Crippen molar-refractivity contribution in [2.45, 2.75) is 12.4 Å². The molecule has 0 fully saturated rings. The van der Waals surface area contributed by atoms with Crippen LogP contribution in [-0.4, -0.2) is 33.1 Å². The van der Waals surface area contributed by atoms with Crippen LogP contribution in [0.5, 0.6) is 0 Å². The number of halogens is 6. The number of hydrogen-bond donors (Lipinski definition) is 2. The highest BCUT2D eigenvalue weighted by Gasteiger charge is 2.41. The van der Waals surface area contributed by atoms with Crippen LogP contribution in [0.3, 0.4) is 0 Å². The van der Waals surface area contributed by atoms with E-state index in [1.165, 1.54) is 0 Å². The van der Waals surface area contributed by atoms with Gasteiger partial charge >= 0.3 is 24.2 Å². The lowest BCUT2D eigenvalue weighted by Crippen LogP contribution is -2.31. The molecule has 0 radical (unpaired) electrons. The molecule has 0 aliphatic rings. The van der Waals surface area contributed by atoms with Crippen molar-refractivity contribution >= 4 is 17.8 Å². The first-order chi connectivity index (χ1) is 8.93. The molecule has 0 saturated carbocycles. The van der Waals surface area contributed by atoms with Crippen LogP contribution in [0.15, 0.2) is 6.20 Å². The van der Waals surface area contributed by atoms with Crippen LogP contribution in [-0.2, 0) is 11.0 Å². The standard InChI is InChI=1S/C8H3F6N3O3/c9-7(10,11)3-2(4(18)19)1-15-6(16-3)17-5(20)8(12,13)14/h1H,(H,18,19)(H,15,16,17,20). The molecule has 1 heterocycles. The van der Waals surface area contributed by atoms with Crippen LogP contribution in [0.2, 0.25) is 0 Å². The zero-order valence-corrected chi connectivity index (χ0v) is 9.00. The monoisotopic (exact) mass is 303 g/mol. The van der Waals surface area contributed by atoms with Gasteiger partial charge in [0.05, 0.1) is 0 Å². The van der Waals surface area contributed by atoms with Crippen LogP contribution in [0.1, 0.15) is 16.1 Å². The summed E-state index contributed by atoms with van der Waals surface area (Å²) >= 11 is 0. The van der Waals surface area contributed by atoms with Crippen molar-refractivity contribution in [2.75, 3.05) is 5.32 Å². The van der Waals surface area contributed by atoms with E-state index in [4.69, 9.17) is 5.11 Å². The molecule has 1 aromatic heterocycles. The van der Waals surface area contributed by atoms with Crippen LogP contribution in [0, 0.1) is 0 Å². The average Bonchev–Trinajstić information content (AvgIpc) is 2.26. The van der Waals surface area contributed by atoms with Gasteiger partial charge in [0, 0.05) is 6.20 Å². The van der Waals surface area contributed by atoms with E-state index >= 15 is 0 Å². The summed E-state index contributed by atoms with van der Waals surface area (Å²) in [6.07, 6.45) is -10.5. The first-order valence-corrected chi connectivity index (χ1v) is 4.48. The SMILES string of the molecule is O=C(O)c1cnc(NC(=O)C(F)(F)F)nc1C(F)(F)F. The number of amides is 1. The summed E-state index contributed by atoms with van der Waals surface area (Å²) in [5, 5.41) is 9.47. The molecule has 0 spiro atoms. The van der Waals surface area contributed by atoms with Gasteiger partial charge in [-0.1, -0.05) is 0 Å². The van der Waals surface area contributed by atoms with Gasteiger partial charge in [-0.25, -0.2) is 14.8 Å². The number of anilines is 1. The van der Waals surface area contributed by atoms with E-state index < -0.39 is 41.4 Å². The molecule has 0 aromatic carbocycles. The highest BCUT2D eigenvalue weighted by atomic mass is 19.4. The maximum absolute atomic E-state index is 12.5. The summed E-state index contributed by atoms with van der Waals surface area (Å²) in [4.78, 5) is 26.5. The molecule has 1 aromatic rings. The topological polar surface area (TPSA) is 92.2 Å². The maximum Gasteiger partial charge on any atom is 0.471 e. The normalized spacial score (nSPS) is 12.1. The van der Waals surface area contributed by atoms with E-state index in [1.807, 2.05) is 0 Å². The first-order valence-electron chi connectivity index (χ1n) is 4.48. The summed E-state index contributed by atoms with van der Waals surface area (Å²) in [7, 11) is 0. The van der Waals surface area contributed by atoms with E-state index in [0.29, 0.717) is 0 Å². The van der Waals surface area contributed by atoms with Crippen LogP contribution in [0.25, 0.3) is 0 Å². The molecule has 20 heavy (non-hydrogen) atoms. The Morgan fingerprint density at radius 2 is 1.70 bits per heavy atom. The van der Waals surface area contributed by atoms with Gasteiger partial charge in [0.1, 0.15) is 5.56 Å². The fourth-order valence-corrected chi connectivity index (χ4v) is 0.987. The molecule has 0 aliphatic heterocycles. The summed E-state index contributed by atoms with van der Waals surface area (Å²) < 4.78 is 73.1. The van der Waals surface area contributed by atoms with Gasteiger partial charge in [0.2, 0.25) is 5.95 Å². The minimum absolute atomic E-state index is 0.143. The Morgan fingerprint density at radius 3 is 2.10 bits per heavy atom. The molecule has 6 nitrogen and oxygen atoms in total. The van der Waals surface area contributed by atoms with Crippen molar-refractivity contribution in [3.63, 3.8) is 0 Å². The van der Waals surface area contributed by atoms with Crippen LogP contribution >= 0.6 is 0 Å². The van der Waals surface area contributed by atoms with Crippen molar-refractivity contribution in [1.29, 1.82) is 0 Å². The second kappa shape index (κ2) is 4.94. The highest BCUT2D eigenvalue weighted by Crippen LogP contribution is 2.31. The molecule has 1 rings (SSSR count). The summed E-state index contributed by atoms with van der Waals surface area (Å²) in [6, 6.07) is 0. The van der Waals surface area contributed by atoms with Crippen molar-refractivity contribution in [1.82, 2.24) is 9.97 Å². The number of nitrogens with one attached hydrogen (secondary N) is 1. The molecule has 0 aliphatic carbocycles. The Labute approximate surface area is 105 Å². The van der Waals surface area contributed by atoms with Gasteiger partial charge in [-0.15, -0.1) is 0 Å². The van der Waals surface area contributed by atoms with Gasteiger partial charge in [0.25, 0.3) is 0 Å². The largest absolute Gasteiger partial charge is 0.478 e. The maximum atomic E-state index is 12.5. The Morgan fingerprint density at radius 1 is 1.15 bits per heavy atom. The predicted molar refractivity (Wildman–Crippen MR) is 48.7 cm³/mol. The Balaban J connectivity index is 3.21. The molecule has 12 heteroatoms. The Bertz CT molecular complexity index is 553. The third kappa shape index (κ3) is 3.55.